The number of nitrogens with one attached hydrogen (secondary N) is 1. The van der Waals surface area contributed by atoms with Crippen molar-refractivity contribution in [1.82, 2.24) is 4.68 Å². The predicted molar refractivity (Wildman–Crippen MR) is 41.3 cm³/mol. The van der Waals surface area contributed by atoms with Crippen LogP contribution in [0.4, 0.5) is 0 Å². The summed E-state index contributed by atoms with van der Waals surface area (Å²) in [5.74, 6) is -0.0869. The zero-order valence-electron chi connectivity index (χ0n) is 5.82. The van der Waals surface area contributed by atoms with Gasteiger partial charge in [-0.25, -0.2) is 0 Å². The Morgan fingerprint density at radius 1 is 1.64 bits per heavy atom. The fourth-order valence-electron chi connectivity index (χ4n) is 0.993. The maximum atomic E-state index is 10.9. The molecule has 0 fully saturated rings. The van der Waals surface area contributed by atoms with Gasteiger partial charge in [-0.05, 0) is 12.1 Å². The summed E-state index contributed by atoms with van der Waals surface area (Å²) < 4.78 is 1.65. The van der Waals surface area contributed by atoms with Crippen LogP contribution in [0.1, 0.15) is 5.69 Å². The highest BCUT2D eigenvalue weighted by molar-refractivity contribution is 5.91. The molecule has 0 bridgehead atoms. The number of carbonyl (C=O) groups excluding carboxylic acids is 1. The number of amides is 1. The molecule has 0 unspecified atom stereocenters. The Bertz CT molecular complexity index is 313. The number of aromatic nitrogens is 1. The van der Waals surface area contributed by atoms with Crippen LogP contribution in [0.2, 0.25) is 0 Å². The lowest BCUT2D eigenvalue weighted by molar-refractivity contribution is -0.115. The largest absolute Gasteiger partial charge is 0.281 e. The van der Waals surface area contributed by atoms with Crippen LogP contribution in [0.5, 0.6) is 0 Å². The Morgan fingerprint density at radius 2 is 2.55 bits per heavy atom. The van der Waals surface area contributed by atoms with E-state index in [1.54, 1.807) is 17.1 Å². The van der Waals surface area contributed by atoms with E-state index in [0.29, 0.717) is 0 Å². The highest BCUT2D eigenvalue weighted by Crippen LogP contribution is 1.98. The molecule has 0 saturated heterocycles. The van der Waals surface area contributed by atoms with Crippen molar-refractivity contribution >= 4 is 12.1 Å². The first kappa shape index (κ1) is 6.15. The summed E-state index contributed by atoms with van der Waals surface area (Å²) >= 11 is 0. The molecular weight excluding hydrogens is 142 g/mol. The summed E-state index contributed by atoms with van der Waals surface area (Å²) in [4.78, 5) is 14.8. The molecular formula is C7H7N3O. The second-order valence-corrected chi connectivity index (χ2v) is 2.31. The SMILES string of the molecule is O=C1CN=Cc2cccn2N1. The van der Waals surface area contributed by atoms with E-state index in [2.05, 4.69) is 10.4 Å². The first-order valence-electron chi connectivity index (χ1n) is 3.33. The van der Waals surface area contributed by atoms with Gasteiger partial charge in [-0.15, -0.1) is 0 Å². The van der Waals surface area contributed by atoms with Crippen molar-refractivity contribution in [1.29, 1.82) is 0 Å². The summed E-state index contributed by atoms with van der Waals surface area (Å²) in [6.45, 7) is 0.210. The summed E-state index contributed by atoms with van der Waals surface area (Å²) in [6.07, 6.45) is 3.46. The molecule has 11 heavy (non-hydrogen) atoms. The molecule has 1 N–H and O–H groups in total. The minimum atomic E-state index is -0.0869. The van der Waals surface area contributed by atoms with E-state index in [1.807, 2.05) is 12.1 Å². The van der Waals surface area contributed by atoms with E-state index < -0.39 is 0 Å². The van der Waals surface area contributed by atoms with Crippen molar-refractivity contribution in [3.8, 4) is 0 Å². The minimum Gasteiger partial charge on any atom is -0.281 e. The van der Waals surface area contributed by atoms with Crippen LogP contribution >= 0.6 is 0 Å². The Labute approximate surface area is 63.5 Å². The van der Waals surface area contributed by atoms with Gasteiger partial charge in [-0.1, -0.05) is 0 Å². The van der Waals surface area contributed by atoms with Gasteiger partial charge in [0.15, 0.2) is 0 Å². The topological polar surface area (TPSA) is 46.4 Å². The number of aliphatic imine (C=N–C) groups is 1. The zero-order valence-corrected chi connectivity index (χ0v) is 5.82. The van der Waals surface area contributed by atoms with E-state index in [1.165, 1.54) is 0 Å². The third kappa shape index (κ3) is 1.02. The maximum absolute atomic E-state index is 10.9. The normalized spacial score (nSPS) is 15.5. The van der Waals surface area contributed by atoms with E-state index in [9.17, 15) is 4.79 Å². The Hall–Kier alpha value is -1.58. The van der Waals surface area contributed by atoms with Crippen LogP contribution in [0.15, 0.2) is 23.3 Å². The number of fused-ring (bicyclic) bond motifs is 1. The Balaban J connectivity index is 2.44. The first-order chi connectivity index (χ1) is 5.36. The molecule has 0 spiro atoms. The summed E-state index contributed by atoms with van der Waals surface area (Å²) in [6, 6.07) is 3.74. The van der Waals surface area contributed by atoms with Gasteiger partial charge in [0.05, 0.1) is 5.69 Å². The van der Waals surface area contributed by atoms with E-state index >= 15 is 0 Å². The molecule has 2 heterocycles. The lowest BCUT2D eigenvalue weighted by Crippen LogP contribution is -2.23. The molecule has 1 aliphatic heterocycles. The molecule has 2 rings (SSSR count). The third-order valence-electron chi connectivity index (χ3n) is 1.48. The molecule has 4 heteroatoms. The molecule has 1 amide bonds. The smallest absolute Gasteiger partial charge is 0.260 e. The number of nitrogens with zero attached hydrogens (tertiary/aromatic N) is 2. The first-order valence-corrected chi connectivity index (χ1v) is 3.33. The molecule has 0 radical (unpaired) electrons. The summed E-state index contributed by atoms with van der Waals surface area (Å²) in [7, 11) is 0. The fourth-order valence-corrected chi connectivity index (χ4v) is 0.993. The molecule has 0 atom stereocenters. The molecule has 56 valence electrons. The van der Waals surface area contributed by atoms with Crippen molar-refractivity contribution in [3.05, 3.63) is 24.0 Å². The van der Waals surface area contributed by atoms with Gasteiger partial charge in [0.25, 0.3) is 5.91 Å². The average molecular weight is 149 g/mol. The van der Waals surface area contributed by atoms with E-state index in [-0.39, 0.29) is 12.5 Å². The Kier molecular flexibility index (Phi) is 1.25. The predicted octanol–water partition coefficient (Wildman–Crippen LogP) is -0.00930. The van der Waals surface area contributed by atoms with Crippen LogP contribution in [-0.2, 0) is 4.79 Å². The molecule has 1 aromatic rings. The van der Waals surface area contributed by atoms with Crippen molar-refractivity contribution in [3.63, 3.8) is 0 Å². The molecule has 0 aromatic carbocycles. The van der Waals surface area contributed by atoms with E-state index in [0.717, 1.165) is 5.69 Å². The quantitative estimate of drug-likeness (QED) is 0.554. The maximum Gasteiger partial charge on any atom is 0.260 e. The van der Waals surface area contributed by atoms with Crippen LogP contribution in [0, 0.1) is 0 Å². The number of hydrogen-bond donors (Lipinski definition) is 1. The molecule has 4 nitrogen and oxygen atoms in total. The number of carbonyl (C=O) groups is 1. The summed E-state index contributed by atoms with van der Waals surface area (Å²) in [5, 5.41) is 0. The van der Waals surface area contributed by atoms with Crippen molar-refractivity contribution in [2.24, 2.45) is 4.99 Å². The second kappa shape index (κ2) is 2.23. The van der Waals surface area contributed by atoms with Gasteiger partial charge in [0.1, 0.15) is 6.54 Å². The van der Waals surface area contributed by atoms with Crippen molar-refractivity contribution in [2.45, 2.75) is 0 Å². The van der Waals surface area contributed by atoms with Gasteiger partial charge in [-0.2, -0.15) is 0 Å². The third-order valence-corrected chi connectivity index (χ3v) is 1.48. The molecule has 1 aromatic heterocycles. The minimum absolute atomic E-state index is 0.0869. The lowest BCUT2D eigenvalue weighted by Gasteiger charge is -2.02. The standard InChI is InChI=1S/C7H7N3O/c11-7-5-8-4-6-2-1-3-10(6)9-7/h1-4H,5H2,(H,9,11). The van der Waals surface area contributed by atoms with Crippen LogP contribution in [0.25, 0.3) is 0 Å². The van der Waals surface area contributed by atoms with Gasteiger partial charge in [0, 0.05) is 12.4 Å². The van der Waals surface area contributed by atoms with Crippen molar-refractivity contribution < 1.29 is 4.79 Å². The monoisotopic (exact) mass is 149 g/mol. The average Bonchev–Trinajstić information content (AvgIpc) is 2.31. The molecule has 0 aliphatic carbocycles. The summed E-state index contributed by atoms with van der Waals surface area (Å²) in [5.41, 5.74) is 3.55. The second-order valence-electron chi connectivity index (χ2n) is 2.31. The zero-order chi connectivity index (χ0) is 7.68. The molecule has 1 aliphatic rings. The highest BCUT2D eigenvalue weighted by atomic mass is 16.2. The van der Waals surface area contributed by atoms with Gasteiger partial charge in [-0.3, -0.25) is 19.9 Å². The lowest BCUT2D eigenvalue weighted by atomic mass is 10.5. The van der Waals surface area contributed by atoms with Crippen molar-refractivity contribution in [2.75, 3.05) is 12.0 Å². The Morgan fingerprint density at radius 3 is 3.45 bits per heavy atom. The van der Waals surface area contributed by atoms with Gasteiger partial charge in [0.2, 0.25) is 0 Å². The van der Waals surface area contributed by atoms with Gasteiger partial charge >= 0.3 is 0 Å². The fraction of sp³-hybridized carbons (Fsp3) is 0.143. The molecule has 0 saturated carbocycles. The van der Waals surface area contributed by atoms with E-state index in [4.69, 9.17) is 0 Å². The van der Waals surface area contributed by atoms with Crippen LogP contribution in [0.3, 0.4) is 0 Å². The number of rotatable bonds is 0. The number of hydrogen-bond acceptors (Lipinski definition) is 2. The highest BCUT2D eigenvalue weighted by Gasteiger charge is 2.05. The van der Waals surface area contributed by atoms with Gasteiger partial charge < -0.3 is 0 Å². The van der Waals surface area contributed by atoms with Crippen LogP contribution in [-0.4, -0.2) is 23.3 Å². The van der Waals surface area contributed by atoms with Crippen LogP contribution < -0.4 is 5.43 Å².